The molecule has 1 fully saturated rings. The first-order valence-electron chi connectivity index (χ1n) is 6.63. The SMILES string of the molecule is O=C1Nc2ccccc2NC(=O)[C@@H]2[C@@H]1[C@@H]1C=C[C@H]2C1. The fourth-order valence-corrected chi connectivity index (χ4v) is 3.67. The Labute approximate surface area is 110 Å². The van der Waals surface area contributed by atoms with Crippen molar-refractivity contribution in [2.24, 2.45) is 23.7 Å². The molecule has 19 heavy (non-hydrogen) atoms. The van der Waals surface area contributed by atoms with Crippen LogP contribution in [0.1, 0.15) is 6.42 Å². The van der Waals surface area contributed by atoms with E-state index in [0.717, 1.165) is 6.42 Å². The molecule has 4 rings (SSSR count). The molecule has 3 aliphatic rings. The van der Waals surface area contributed by atoms with E-state index in [1.54, 1.807) is 0 Å². The zero-order valence-corrected chi connectivity index (χ0v) is 10.3. The van der Waals surface area contributed by atoms with Gasteiger partial charge < -0.3 is 10.6 Å². The first-order valence-corrected chi connectivity index (χ1v) is 6.63. The molecule has 0 unspecified atom stereocenters. The van der Waals surface area contributed by atoms with Crippen molar-refractivity contribution in [1.82, 2.24) is 0 Å². The van der Waals surface area contributed by atoms with Crippen LogP contribution in [0.5, 0.6) is 0 Å². The van der Waals surface area contributed by atoms with Gasteiger partial charge in [0.25, 0.3) is 0 Å². The quantitative estimate of drug-likeness (QED) is 0.696. The number of allylic oxidation sites excluding steroid dienone is 2. The first-order chi connectivity index (χ1) is 9.24. The van der Waals surface area contributed by atoms with Crippen LogP contribution in [0.4, 0.5) is 11.4 Å². The van der Waals surface area contributed by atoms with Crippen LogP contribution in [-0.2, 0) is 9.59 Å². The molecule has 1 saturated carbocycles. The Hall–Kier alpha value is -2.10. The molecule has 96 valence electrons. The van der Waals surface area contributed by atoms with Crippen molar-refractivity contribution >= 4 is 23.2 Å². The minimum absolute atomic E-state index is 0.0239. The molecule has 2 aliphatic carbocycles. The van der Waals surface area contributed by atoms with Crippen molar-refractivity contribution in [2.75, 3.05) is 10.6 Å². The molecule has 4 nitrogen and oxygen atoms in total. The number of anilines is 2. The van der Waals surface area contributed by atoms with Crippen molar-refractivity contribution in [2.45, 2.75) is 6.42 Å². The Kier molecular flexibility index (Phi) is 2.10. The normalized spacial score (nSPS) is 34.9. The summed E-state index contributed by atoms with van der Waals surface area (Å²) in [4.78, 5) is 24.8. The molecule has 0 saturated heterocycles. The third-order valence-electron chi connectivity index (χ3n) is 4.51. The number of carbonyl (C=O) groups excluding carboxylic acids is 2. The van der Waals surface area contributed by atoms with Crippen molar-refractivity contribution in [3.8, 4) is 0 Å². The Morgan fingerprint density at radius 3 is 1.79 bits per heavy atom. The van der Waals surface area contributed by atoms with Gasteiger partial charge in [-0.2, -0.15) is 0 Å². The predicted molar refractivity (Wildman–Crippen MR) is 71.4 cm³/mol. The zero-order valence-electron chi connectivity index (χ0n) is 10.3. The highest BCUT2D eigenvalue weighted by Crippen LogP contribution is 2.49. The number of fused-ring (bicyclic) bond motifs is 6. The lowest BCUT2D eigenvalue weighted by Gasteiger charge is -2.29. The summed E-state index contributed by atoms with van der Waals surface area (Å²) in [6.07, 6.45) is 5.10. The van der Waals surface area contributed by atoms with E-state index in [2.05, 4.69) is 22.8 Å². The Bertz CT molecular complexity index is 557. The smallest absolute Gasteiger partial charge is 0.228 e. The lowest BCUT2D eigenvalue weighted by atomic mass is 9.81. The molecule has 0 radical (unpaired) electrons. The first kappa shape index (κ1) is 10.8. The molecule has 4 heteroatoms. The third-order valence-corrected chi connectivity index (χ3v) is 4.51. The highest BCUT2D eigenvalue weighted by atomic mass is 16.2. The molecular formula is C15H14N2O2. The number of rotatable bonds is 0. The summed E-state index contributed by atoms with van der Waals surface area (Å²) in [6.45, 7) is 0. The van der Waals surface area contributed by atoms with Gasteiger partial charge in [-0.05, 0) is 30.4 Å². The van der Waals surface area contributed by atoms with Crippen molar-refractivity contribution in [1.29, 1.82) is 0 Å². The second-order valence-corrected chi connectivity index (χ2v) is 5.52. The summed E-state index contributed by atoms with van der Waals surface area (Å²) in [7, 11) is 0. The molecule has 0 aromatic heterocycles. The standard InChI is InChI=1S/C15H14N2O2/c18-14-12-8-5-6-9(7-8)13(12)15(19)17-11-4-2-1-3-10(11)16-14/h1-6,8-9,12-13H,7H2,(H,16,18)(H,17,19)/t8-,9+,12-,13-/m0/s1. The molecule has 2 N–H and O–H groups in total. The topological polar surface area (TPSA) is 58.2 Å². The third kappa shape index (κ3) is 1.46. The maximum atomic E-state index is 12.4. The fraction of sp³-hybridized carbons (Fsp3) is 0.333. The highest BCUT2D eigenvalue weighted by molar-refractivity contribution is 6.06. The van der Waals surface area contributed by atoms with Crippen LogP contribution in [-0.4, -0.2) is 11.8 Å². The lowest BCUT2D eigenvalue weighted by Crippen LogP contribution is -2.41. The summed E-state index contributed by atoms with van der Waals surface area (Å²) >= 11 is 0. The Balaban J connectivity index is 1.80. The molecule has 2 amide bonds. The highest BCUT2D eigenvalue weighted by Gasteiger charge is 2.52. The van der Waals surface area contributed by atoms with Crippen LogP contribution >= 0.6 is 0 Å². The molecule has 0 spiro atoms. The second-order valence-electron chi connectivity index (χ2n) is 5.52. The van der Waals surface area contributed by atoms with Gasteiger partial charge in [0.2, 0.25) is 11.8 Å². The maximum Gasteiger partial charge on any atom is 0.228 e. The van der Waals surface area contributed by atoms with Gasteiger partial charge in [-0.25, -0.2) is 0 Å². The summed E-state index contributed by atoms with van der Waals surface area (Å²) in [5, 5.41) is 5.90. The maximum absolute atomic E-state index is 12.4. The van der Waals surface area contributed by atoms with E-state index in [4.69, 9.17) is 0 Å². The van der Waals surface area contributed by atoms with E-state index in [9.17, 15) is 9.59 Å². The van der Waals surface area contributed by atoms with E-state index >= 15 is 0 Å². The van der Waals surface area contributed by atoms with Crippen LogP contribution in [0.25, 0.3) is 0 Å². The van der Waals surface area contributed by atoms with Gasteiger partial charge in [0.15, 0.2) is 0 Å². The van der Waals surface area contributed by atoms with Gasteiger partial charge in [0.05, 0.1) is 23.2 Å². The number of para-hydroxylation sites is 2. The van der Waals surface area contributed by atoms with Gasteiger partial charge in [0.1, 0.15) is 0 Å². The van der Waals surface area contributed by atoms with E-state index < -0.39 is 0 Å². The summed E-state index contributed by atoms with van der Waals surface area (Å²) < 4.78 is 0. The van der Waals surface area contributed by atoms with Crippen LogP contribution in [0, 0.1) is 23.7 Å². The monoisotopic (exact) mass is 254 g/mol. The molecule has 1 aromatic carbocycles. The lowest BCUT2D eigenvalue weighted by molar-refractivity contribution is -0.129. The van der Waals surface area contributed by atoms with Crippen LogP contribution < -0.4 is 10.6 Å². The molecule has 1 aliphatic heterocycles. The minimum Gasteiger partial charge on any atom is -0.324 e. The Morgan fingerprint density at radius 1 is 0.842 bits per heavy atom. The molecule has 4 atom stereocenters. The van der Waals surface area contributed by atoms with Gasteiger partial charge in [-0.3, -0.25) is 9.59 Å². The van der Waals surface area contributed by atoms with Crippen LogP contribution in [0.2, 0.25) is 0 Å². The van der Waals surface area contributed by atoms with Crippen molar-refractivity contribution in [3.63, 3.8) is 0 Å². The number of benzene rings is 1. The number of hydrogen-bond acceptors (Lipinski definition) is 2. The average molecular weight is 254 g/mol. The summed E-state index contributed by atoms with van der Waals surface area (Å²) in [6, 6.07) is 7.34. The van der Waals surface area contributed by atoms with E-state index in [1.165, 1.54) is 0 Å². The number of hydrogen-bond donors (Lipinski definition) is 2. The molecule has 1 aromatic rings. The van der Waals surface area contributed by atoms with Crippen LogP contribution in [0.15, 0.2) is 36.4 Å². The van der Waals surface area contributed by atoms with Gasteiger partial charge >= 0.3 is 0 Å². The van der Waals surface area contributed by atoms with Gasteiger partial charge in [-0.1, -0.05) is 24.3 Å². The van der Waals surface area contributed by atoms with Crippen LogP contribution in [0.3, 0.4) is 0 Å². The molecule has 1 heterocycles. The zero-order chi connectivity index (χ0) is 13.0. The summed E-state index contributed by atoms with van der Waals surface area (Å²) in [5.41, 5.74) is 1.37. The summed E-state index contributed by atoms with van der Waals surface area (Å²) in [5.74, 6) is -0.0583. The van der Waals surface area contributed by atoms with Gasteiger partial charge in [-0.15, -0.1) is 0 Å². The van der Waals surface area contributed by atoms with E-state index in [0.29, 0.717) is 11.4 Å². The largest absolute Gasteiger partial charge is 0.324 e. The fourth-order valence-electron chi connectivity index (χ4n) is 3.67. The number of carbonyl (C=O) groups is 2. The molecule has 2 bridgehead atoms. The van der Waals surface area contributed by atoms with Crippen molar-refractivity contribution in [3.05, 3.63) is 36.4 Å². The number of nitrogens with one attached hydrogen (secondary N) is 2. The predicted octanol–water partition coefficient (Wildman–Crippen LogP) is 2.02. The van der Waals surface area contributed by atoms with E-state index in [-0.39, 0.29) is 35.5 Å². The van der Waals surface area contributed by atoms with Crippen molar-refractivity contribution < 1.29 is 9.59 Å². The minimum atomic E-state index is -0.219. The van der Waals surface area contributed by atoms with E-state index in [1.807, 2.05) is 24.3 Å². The molecular weight excluding hydrogens is 240 g/mol. The van der Waals surface area contributed by atoms with Gasteiger partial charge in [0, 0.05) is 0 Å². The Morgan fingerprint density at radius 2 is 1.32 bits per heavy atom. The average Bonchev–Trinajstić information content (AvgIpc) is 2.99. The second kappa shape index (κ2) is 3.70. The number of amides is 2.